The minimum Gasteiger partial charge on any atom is -0.493 e. The predicted molar refractivity (Wildman–Crippen MR) is 131 cm³/mol. The van der Waals surface area contributed by atoms with Crippen LogP contribution in [0.15, 0.2) is 76.3 Å². The lowest BCUT2D eigenvalue weighted by molar-refractivity contribution is -0.120. The van der Waals surface area contributed by atoms with Crippen LogP contribution in [0, 0.1) is 6.92 Å². The Labute approximate surface area is 205 Å². The molecule has 0 bridgehead atoms. The molecule has 34 heavy (non-hydrogen) atoms. The van der Waals surface area contributed by atoms with Crippen LogP contribution in [0.4, 0.5) is 0 Å². The molecule has 0 aliphatic rings. The number of methoxy groups -OCH3 is 1. The monoisotopic (exact) mass is 523 g/mol. The van der Waals surface area contributed by atoms with Crippen LogP contribution in [-0.4, -0.2) is 37.7 Å². The molecule has 0 radical (unpaired) electrons. The third kappa shape index (κ3) is 7.01. The number of hydrazone groups is 1. The van der Waals surface area contributed by atoms with E-state index < -0.39 is 11.9 Å². The molecule has 0 unspecified atom stereocenters. The van der Waals surface area contributed by atoms with Gasteiger partial charge in [-0.15, -0.1) is 0 Å². The number of benzene rings is 3. The zero-order chi connectivity index (χ0) is 24.5. The van der Waals surface area contributed by atoms with Gasteiger partial charge >= 0.3 is 5.97 Å². The fourth-order valence-corrected chi connectivity index (χ4v) is 3.21. The lowest BCUT2D eigenvalue weighted by atomic mass is 10.1. The van der Waals surface area contributed by atoms with Crippen molar-refractivity contribution in [3.63, 3.8) is 0 Å². The van der Waals surface area contributed by atoms with Crippen LogP contribution in [0.5, 0.6) is 11.5 Å². The van der Waals surface area contributed by atoms with Crippen LogP contribution < -0.4 is 20.2 Å². The molecule has 9 heteroatoms. The van der Waals surface area contributed by atoms with Gasteiger partial charge in [0.05, 0.1) is 25.4 Å². The van der Waals surface area contributed by atoms with Crippen molar-refractivity contribution >= 4 is 39.9 Å². The van der Waals surface area contributed by atoms with E-state index in [4.69, 9.17) is 9.47 Å². The van der Waals surface area contributed by atoms with Crippen LogP contribution in [0.1, 0.15) is 31.8 Å². The Bertz CT molecular complexity index is 1230. The zero-order valence-corrected chi connectivity index (χ0v) is 20.1. The molecule has 0 aliphatic carbocycles. The SMILES string of the molecule is COc1cc(/C=N/NC(=O)CNC(=O)c2cccc(Br)c2)ccc1OC(=O)c1ccc(C)cc1. The van der Waals surface area contributed by atoms with Crippen LogP contribution in [0.3, 0.4) is 0 Å². The average molecular weight is 524 g/mol. The summed E-state index contributed by atoms with van der Waals surface area (Å²) in [6, 6.07) is 18.7. The van der Waals surface area contributed by atoms with Crippen molar-refractivity contribution in [3.05, 3.63) is 93.5 Å². The number of hydrogen-bond acceptors (Lipinski definition) is 6. The molecule has 0 saturated heterocycles. The van der Waals surface area contributed by atoms with Gasteiger partial charge in [0.1, 0.15) is 0 Å². The summed E-state index contributed by atoms with van der Waals surface area (Å²) < 4.78 is 11.5. The molecule has 8 nitrogen and oxygen atoms in total. The smallest absolute Gasteiger partial charge is 0.343 e. The van der Waals surface area contributed by atoms with Crippen molar-refractivity contribution in [2.24, 2.45) is 5.10 Å². The molecule has 2 N–H and O–H groups in total. The van der Waals surface area contributed by atoms with Crippen molar-refractivity contribution in [2.75, 3.05) is 13.7 Å². The van der Waals surface area contributed by atoms with Gasteiger partial charge in [-0.25, -0.2) is 10.2 Å². The molecule has 3 rings (SSSR count). The Balaban J connectivity index is 1.54. The second-order valence-electron chi connectivity index (χ2n) is 7.15. The number of esters is 1. The van der Waals surface area contributed by atoms with E-state index in [1.54, 1.807) is 54.6 Å². The summed E-state index contributed by atoms with van der Waals surface area (Å²) in [5.74, 6) is -0.783. The highest BCUT2D eigenvalue weighted by Gasteiger charge is 2.13. The third-order valence-corrected chi connectivity index (χ3v) is 5.07. The highest BCUT2D eigenvalue weighted by atomic mass is 79.9. The first kappa shape index (κ1) is 24.7. The van der Waals surface area contributed by atoms with Gasteiger partial charge < -0.3 is 14.8 Å². The van der Waals surface area contributed by atoms with Gasteiger partial charge in [-0.3, -0.25) is 9.59 Å². The van der Waals surface area contributed by atoms with E-state index in [9.17, 15) is 14.4 Å². The van der Waals surface area contributed by atoms with Crippen molar-refractivity contribution in [1.29, 1.82) is 0 Å². The summed E-state index contributed by atoms with van der Waals surface area (Å²) in [6.07, 6.45) is 1.40. The molecule has 3 aromatic carbocycles. The molecular weight excluding hydrogens is 502 g/mol. The van der Waals surface area contributed by atoms with Gasteiger partial charge in [-0.1, -0.05) is 39.7 Å². The normalized spacial score (nSPS) is 10.6. The van der Waals surface area contributed by atoms with Gasteiger partial charge in [0.25, 0.3) is 11.8 Å². The predicted octanol–water partition coefficient (Wildman–Crippen LogP) is 3.87. The maximum Gasteiger partial charge on any atom is 0.343 e. The molecule has 0 fully saturated rings. The molecule has 0 saturated carbocycles. The van der Waals surface area contributed by atoms with E-state index >= 15 is 0 Å². The molecule has 2 amide bonds. The minimum atomic E-state index is -0.503. The maximum absolute atomic E-state index is 12.4. The highest BCUT2D eigenvalue weighted by Crippen LogP contribution is 2.28. The summed E-state index contributed by atoms with van der Waals surface area (Å²) in [4.78, 5) is 36.4. The van der Waals surface area contributed by atoms with E-state index in [0.29, 0.717) is 22.4 Å². The Morgan fingerprint density at radius 2 is 1.74 bits per heavy atom. The van der Waals surface area contributed by atoms with Gasteiger partial charge in [-0.05, 0) is 61.0 Å². The van der Waals surface area contributed by atoms with Crippen molar-refractivity contribution in [1.82, 2.24) is 10.7 Å². The van der Waals surface area contributed by atoms with Crippen LogP contribution in [-0.2, 0) is 4.79 Å². The molecule has 0 spiro atoms. The van der Waals surface area contributed by atoms with Crippen molar-refractivity contribution < 1.29 is 23.9 Å². The van der Waals surface area contributed by atoms with Gasteiger partial charge in [0.2, 0.25) is 0 Å². The Hall–Kier alpha value is -3.98. The van der Waals surface area contributed by atoms with Gasteiger partial charge in [0, 0.05) is 10.0 Å². The standard InChI is InChI=1S/C25H22BrN3O5/c1-16-6-9-18(10-7-16)25(32)34-21-11-8-17(12-22(21)33-2)14-28-29-23(30)15-27-24(31)19-4-3-5-20(26)13-19/h3-14H,15H2,1-2H3,(H,27,31)(H,29,30)/b28-14+. The molecule has 0 heterocycles. The summed E-state index contributed by atoms with van der Waals surface area (Å²) in [6.45, 7) is 1.70. The zero-order valence-electron chi connectivity index (χ0n) is 18.5. The van der Waals surface area contributed by atoms with Crippen LogP contribution >= 0.6 is 15.9 Å². The van der Waals surface area contributed by atoms with E-state index in [-0.39, 0.29) is 18.2 Å². The first-order chi connectivity index (χ1) is 16.4. The molecule has 0 aliphatic heterocycles. The summed E-state index contributed by atoms with van der Waals surface area (Å²) >= 11 is 3.29. The number of nitrogens with one attached hydrogen (secondary N) is 2. The number of nitrogens with zero attached hydrogens (tertiary/aromatic N) is 1. The number of carbonyl (C=O) groups is 3. The quantitative estimate of drug-likeness (QED) is 0.202. The molecular formula is C25H22BrN3O5. The number of aryl methyl sites for hydroxylation is 1. The fourth-order valence-electron chi connectivity index (χ4n) is 2.81. The first-order valence-corrected chi connectivity index (χ1v) is 11.0. The van der Waals surface area contributed by atoms with Crippen molar-refractivity contribution in [3.8, 4) is 11.5 Å². The summed E-state index contributed by atoms with van der Waals surface area (Å²) in [7, 11) is 1.45. The minimum absolute atomic E-state index is 0.236. The molecule has 174 valence electrons. The Kier molecular flexibility index (Phi) is 8.53. The second-order valence-corrected chi connectivity index (χ2v) is 8.07. The van der Waals surface area contributed by atoms with E-state index in [2.05, 4.69) is 31.8 Å². The second kappa shape index (κ2) is 11.8. The number of rotatable bonds is 8. The van der Waals surface area contributed by atoms with Gasteiger partial charge in [-0.2, -0.15) is 5.10 Å². The number of carbonyl (C=O) groups excluding carboxylic acids is 3. The van der Waals surface area contributed by atoms with Crippen LogP contribution in [0.25, 0.3) is 0 Å². The Morgan fingerprint density at radius 1 is 0.971 bits per heavy atom. The third-order valence-electron chi connectivity index (χ3n) is 4.58. The summed E-state index contributed by atoms with van der Waals surface area (Å²) in [5, 5.41) is 6.40. The Morgan fingerprint density at radius 3 is 2.44 bits per heavy atom. The fraction of sp³-hybridized carbons (Fsp3) is 0.120. The maximum atomic E-state index is 12.4. The molecule has 0 atom stereocenters. The van der Waals surface area contributed by atoms with E-state index in [0.717, 1.165) is 10.0 Å². The van der Waals surface area contributed by atoms with Gasteiger partial charge in [0.15, 0.2) is 11.5 Å². The molecule has 3 aromatic rings. The number of amides is 2. The number of halogens is 1. The van der Waals surface area contributed by atoms with Crippen LogP contribution in [0.2, 0.25) is 0 Å². The number of hydrogen-bond donors (Lipinski definition) is 2. The van der Waals surface area contributed by atoms with E-state index in [1.165, 1.54) is 13.3 Å². The molecule has 0 aromatic heterocycles. The lowest BCUT2D eigenvalue weighted by Gasteiger charge is -2.10. The van der Waals surface area contributed by atoms with E-state index in [1.807, 2.05) is 19.1 Å². The highest BCUT2D eigenvalue weighted by molar-refractivity contribution is 9.10. The lowest BCUT2D eigenvalue weighted by Crippen LogP contribution is -2.34. The first-order valence-electron chi connectivity index (χ1n) is 10.2. The topological polar surface area (TPSA) is 106 Å². The largest absolute Gasteiger partial charge is 0.493 e. The average Bonchev–Trinajstić information content (AvgIpc) is 2.83. The van der Waals surface area contributed by atoms with Crippen molar-refractivity contribution in [2.45, 2.75) is 6.92 Å². The number of ether oxygens (including phenoxy) is 2. The summed E-state index contributed by atoms with van der Waals surface area (Å²) in [5.41, 5.74) is 4.84.